The number of carbonyl (C=O) groups excluding carboxylic acids is 2. The fourth-order valence-electron chi connectivity index (χ4n) is 2.06. The summed E-state index contributed by atoms with van der Waals surface area (Å²) in [6, 6.07) is -0.674. The van der Waals surface area contributed by atoms with Crippen molar-refractivity contribution < 1.29 is 24.2 Å². The molecule has 1 aliphatic heterocycles. The van der Waals surface area contributed by atoms with E-state index >= 15 is 0 Å². The third-order valence-electron chi connectivity index (χ3n) is 2.90. The molecule has 1 saturated heterocycles. The van der Waals surface area contributed by atoms with Crippen LogP contribution in [0.5, 0.6) is 0 Å². The first-order valence-electron chi connectivity index (χ1n) is 7.17. The lowest BCUT2D eigenvalue weighted by Crippen LogP contribution is -2.51. The summed E-state index contributed by atoms with van der Waals surface area (Å²) in [6.45, 7) is 7.92. The van der Waals surface area contributed by atoms with E-state index in [0.29, 0.717) is 17.5 Å². The van der Waals surface area contributed by atoms with Crippen LogP contribution in [-0.2, 0) is 14.3 Å². The molecule has 1 aliphatic rings. The Morgan fingerprint density at radius 2 is 2.14 bits per heavy atom. The Labute approximate surface area is 134 Å². The van der Waals surface area contributed by atoms with E-state index in [-0.39, 0.29) is 18.9 Å². The quantitative estimate of drug-likeness (QED) is 0.788. The number of nitrogens with zero attached hydrogens (tertiary/aromatic N) is 1. The van der Waals surface area contributed by atoms with Crippen LogP contribution in [-0.4, -0.2) is 63.7 Å². The number of rotatable bonds is 5. The number of alkyl carbamates (subject to hydrolysis) is 1. The second-order valence-electron chi connectivity index (χ2n) is 6.36. The average molecular weight is 332 g/mol. The summed E-state index contributed by atoms with van der Waals surface area (Å²) >= 11 is 1.57. The summed E-state index contributed by atoms with van der Waals surface area (Å²) in [5, 5.41) is 11.8. The highest BCUT2D eigenvalue weighted by Crippen LogP contribution is 2.19. The Hall–Kier alpha value is -1.44. The molecule has 2 atom stereocenters. The maximum atomic E-state index is 11.9. The van der Waals surface area contributed by atoms with E-state index in [0.717, 1.165) is 0 Å². The largest absolute Gasteiger partial charge is 0.481 e. The zero-order valence-corrected chi connectivity index (χ0v) is 14.2. The van der Waals surface area contributed by atoms with Crippen LogP contribution >= 0.6 is 11.8 Å². The van der Waals surface area contributed by atoms with Gasteiger partial charge in [0.1, 0.15) is 5.60 Å². The van der Waals surface area contributed by atoms with Crippen molar-refractivity contribution >= 4 is 29.7 Å². The summed E-state index contributed by atoms with van der Waals surface area (Å²) < 4.78 is 5.14. The van der Waals surface area contributed by atoms with Crippen LogP contribution in [0, 0.1) is 0 Å². The van der Waals surface area contributed by atoms with Crippen molar-refractivity contribution in [3.8, 4) is 0 Å². The van der Waals surface area contributed by atoms with E-state index < -0.39 is 23.7 Å². The molecule has 0 aromatic carbocycles. The van der Waals surface area contributed by atoms with E-state index in [1.54, 1.807) is 37.4 Å². The molecule has 1 fully saturated rings. The second kappa shape index (κ2) is 7.71. The van der Waals surface area contributed by atoms with Gasteiger partial charge in [0.2, 0.25) is 5.91 Å². The predicted molar refractivity (Wildman–Crippen MR) is 83.9 cm³/mol. The van der Waals surface area contributed by atoms with Gasteiger partial charge < -0.3 is 20.1 Å². The molecule has 1 heterocycles. The molecule has 0 aromatic rings. The van der Waals surface area contributed by atoms with Crippen LogP contribution < -0.4 is 5.32 Å². The molecule has 2 N–H and O–H groups in total. The molecular weight excluding hydrogens is 308 g/mol. The summed E-state index contributed by atoms with van der Waals surface area (Å²) in [4.78, 5) is 36.3. The monoisotopic (exact) mass is 332 g/mol. The minimum Gasteiger partial charge on any atom is -0.481 e. The number of nitrogens with one attached hydrogen (secondary N) is 1. The molecule has 8 heteroatoms. The Morgan fingerprint density at radius 1 is 1.50 bits per heavy atom. The predicted octanol–water partition coefficient (Wildman–Crippen LogP) is 1.32. The van der Waals surface area contributed by atoms with E-state index in [4.69, 9.17) is 9.84 Å². The van der Waals surface area contributed by atoms with Gasteiger partial charge in [-0.1, -0.05) is 6.92 Å². The van der Waals surface area contributed by atoms with Gasteiger partial charge in [0, 0.05) is 18.3 Å². The summed E-state index contributed by atoms with van der Waals surface area (Å²) in [7, 11) is 0. The number of carboxylic acids is 1. The van der Waals surface area contributed by atoms with Crippen LogP contribution in [0.2, 0.25) is 0 Å². The molecule has 2 amide bonds. The molecule has 0 spiro atoms. The minimum atomic E-state index is -1.03. The number of carbonyl (C=O) groups is 3. The van der Waals surface area contributed by atoms with Crippen LogP contribution in [0.3, 0.4) is 0 Å². The Kier molecular flexibility index (Phi) is 6.52. The number of ether oxygens (including phenoxy) is 1. The fraction of sp³-hybridized carbons (Fsp3) is 0.786. The lowest BCUT2D eigenvalue weighted by Gasteiger charge is -2.33. The van der Waals surface area contributed by atoms with Gasteiger partial charge in [0.15, 0.2) is 0 Å². The zero-order valence-electron chi connectivity index (χ0n) is 13.4. The summed E-state index contributed by atoms with van der Waals surface area (Å²) in [5.74, 6) is -0.689. The first-order valence-corrected chi connectivity index (χ1v) is 8.22. The highest BCUT2D eigenvalue weighted by atomic mass is 32.2. The van der Waals surface area contributed by atoms with Crippen LogP contribution in [0.1, 0.15) is 34.1 Å². The van der Waals surface area contributed by atoms with Gasteiger partial charge in [-0.25, -0.2) is 4.79 Å². The summed E-state index contributed by atoms with van der Waals surface area (Å²) in [5.41, 5.74) is -0.663. The molecule has 0 aromatic heterocycles. The first kappa shape index (κ1) is 18.6. The topological polar surface area (TPSA) is 95.9 Å². The van der Waals surface area contributed by atoms with Crippen LogP contribution in [0.25, 0.3) is 0 Å². The molecule has 0 saturated carbocycles. The Bertz CT molecular complexity index is 435. The number of thioether (sulfide) groups is 1. The van der Waals surface area contributed by atoms with Gasteiger partial charge in [0.25, 0.3) is 0 Å². The van der Waals surface area contributed by atoms with E-state index in [1.165, 1.54) is 0 Å². The Balaban J connectivity index is 2.65. The van der Waals surface area contributed by atoms with Crippen molar-refractivity contribution in [1.82, 2.24) is 10.2 Å². The van der Waals surface area contributed by atoms with Crippen molar-refractivity contribution in [2.75, 3.05) is 18.8 Å². The van der Waals surface area contributed by atoms with Crippen LogP contribution in [0.15, 0.2) is 0 Å². The average Bonchev–Trinajstić information content (AvgIpc) is 2.30. The van der Waals surface area contributed by atoms with Crippen molar-refractivity contribution in [2.45, 2.75) is 51.0 Å². The van der Waals surface area contributed by atoms with Gasteiger partial charge >= 0.3 is 12.1 Å². The van der Waals surface area contributed by atoms with Gasteiger partial charge in [-0.15, -0.1) is 11.8 Å². The molecule has 0 bridgehead atoms. The number of aliphatic carboxylic acids is 1. The minimum absolute atomic E-state index is 0.0375. The lowest BCUT2D eigenvalue weighted by molar-refractivity contribution is -0.138. The number of amides is 2. The van der Waals surface area contributed by atoms with Crippen LogP contribution in [0.4, 0.5) is 4.79 Å². The fourth-order valence-corrected chi connectivity index (χ4v) is 2.95. The van der Waals surface area contributed by atoms with Crippen molar-refractivity contribution in [3.63, 3.8) is 0 Å². The highest BCUT2D eigenvalue weighted by Gasteiger charge is 2.28. The van der Waals surface area contributed by atoms with Gasteiger partial charge in [-0.05, 0) is 20.8 Å². The van der Waals surface area contributed by atoms with Crippen molar-refractivity contribution in [3.05, 3.63) is 0 Å². The standard InChI is InChI=1S/C14H24N2O5S/c1-9-6-16(11(17)8-22-9)7-10(5-12(18)19)15-13(20)21-14(2,3)4/h9-10H,5-8H2,1-4H3,(H,15,20)(H,18,19)/t9?,10-/m0/s1. The molecule has 1 rings (SSSR count). The zero-order chi connectivity index (χ0) is 16.9. The molecular formula is C14H24N2O5S. The third-order valence-corrected chi connectivity index (χ3v) is 4.04. The molecule has 1 unspecified atom stereocenters. The molecule has 0 aliphatic carbocycles. The maximum absolute atomic E-state index is 11.9. The number of hydrogen-bond acceptors (Lipinski definition) is 5. The number of carboxylic acid groups (broad SMARTS) is 1. The Morgan fingerprint density at radius 3 is 2.68 bits per heavy atom. The number of hydrogen-bond donors (Lipinski definition) is 2. The second-order valence-corrected chi connectivity index (χ2v) is 7.79. The van der Waals surface area contributed by atoms with E-state index in [1.807, 2.05) is 6.92 Å². The first-order chi connectivity index (χ1) is 10.1. The van der Waals surface area contributed by atoms with Gasteiger partial charge in [0.05, 0.1) is 18.2 Å². The van der Waals surface area contributed by atoms with E-state index in [9.17, 15) is 14.4 Å². The SMILES string of the molecule is CC1CN(C[C@H](CC(=O)O)NC(=O)OC(C)(C)C)C(=O)CS1. The molecule has 0 radical (unpaired) electrons. The highest BCUT2D eigenvalue weighted by molar-refractivity contribution is 8.00. The smallest absolute Gasteiger partial charge is 0.407 e. The van der Waals surface area contributed by atoms with Gasteiger partial charge in [-0.2, -0.15) is 0 Å². The summed E-state index contributed by atoms with van der Waals surface area (Å²) in [6.07, 6.45) is -0.935. The molecule has 126 valence electrons. The third kappa shape index (κ3) is 7.02. The van der Waals surface area contributed by atoms with E-state index in [2.05, 4.69) is 5.32 Å². The normalized spacial score (nSPS) is 20.5. The van der Waals surface area contributed by atoms with Gasteiger partial charge in [-0.3, -0.25) is 9.59 Å². The van der Waals surface area contributed by atoms with Crippen molar-refractivity contribution in [2.24, 2.45) is 0 Å². The lowest BCUT2D eigenvalue weighted by atomic mass is 10.2. The molecule has 7 nitrogen and oxygen atoms in total. The maximum Gasteiger partial charge on any atom is 0.407 e. The molecule has 22 heavy (non-hydrogen) atoms. The van der Waals surface area contributed by atoms with Crippen molar-refractivity contribution in [1.29, 1.82) is 0 Å².